The molecule has 0 bridgehead atoms. The normalized spacial score (nSPS) is 12.5. The van der Waals surface area contributed by atoms with Gasteiger partial charge in [0.25, 0.3) is 0 Å². The van der Waals surface area contributed by atoms with Crippen LogP contribution in [0.1, 0.15) is 26.2 Å². The molecule has 0 aromatic rings. The van der Waals surface area contributed by atoms with Crippen molar-refractivity contribution in [2.45, 2.75) is 31.8 Å². The molecule has 11 heavy (non-hydrogen) atoms. The molecule has 0 radical (unpaired) electrons. The second-order valence-electron chi connectivity index (χ2n) is 3.77. The fourth-order valence-electron chi connectivity index (χ4n) is 0.934. The first-order chi connectivity index (χ1) is 4.92. The van der Waals surface area contributed by atoms with Crippen molar-refractivity contribution in [3.63, 3.8) is 0 Å². The van der Waals surface area contributed by atoms with Crippen LogP contribution in [0, 0.1) is 0 Å². The van der Waals surface area contributed by atoms with E-state index in [0.29, 0.717) is 0 Å². The molecule has 0 unspecified atom stereocenters. The summed E-state index contributed by atoms with van der Waals surface area (Å²) in [5, 5.41) is 0. The summed E-state index contributed by atoms with van der Waals surface area (Å²) in [5.74, 6) is 0. The zero-order chi connectivity index (χ0) is 8.91. The third-order valence-corrected chi connectivity index (χ3v) is 1.57. The first-order valence-corrected chi connectivity index (χ1v) is 4.14. The molecule has 0 fully saturated rings. The molecule has 0 atom stereocenters. The number of hydrogen-bond donors (Lipinski definition) is 2. The minimum Gasteiger partial charge on any atom is -0.314 e. The molecule has 0 rings (SSSR count). The molecule has 0 heterocycles. The summed E-state index contributed by atoms with van der Waals surface area (Å²) in [7, 11) is 4.15. The summed E-state index contributed by atoms with van der Waals surface area (Å²) in [6.07, 6.45) is 3.19. The van der Waals surface area contributed by atoms with E-state index in [2.05, 4.69) is 19.0 Å². The van der Waals surface area contributed by atoms with Crippen LogP contribution >= 0.6 is 0 Å². The fraction of sp³-hybridized carbons (Fsp3) is 1.00. The maximum absolute atomic E-state index is 5.62. The maximum atomic E-state index is 5.62. The molecule has 0 spiro atoms. The predicted octanol–water partition coefficient (Wildman–Crippen LogP) is 0.352. The molecular formula is C8H21N3. The molecule has 0 aromatic carbocycles. The van der Waals surface area contributed by atoms with Crippen LogP contribution in [0.5, 0.6) is 0 Å². The van der Waals surface area contributed by atoms with Gasteiger partial charge in [-0.25, -0.2) is 0 Å². The van der Waals surface area contributed by atoms with Crippen molar-refractivity contribution < 1.29 is 0 Å². The Morgan fingerprint density at radius 2 is 1.73 bits per heavy atom. The molecule has 3 nitrogen and oxygen atoms in total. The van der Waals surface area contributed by atoms with E-state index in [4.69, 9.17) is 11.5 Å². The van der Waals surface area contributed by atoms with Crippen LogP contribution in [-0.4, -0.2) is 31.2 Å². The van der Waals surface area contributed by atoms with Gasteiger partial charge in [0.2, 0.25) is 0 Å². The molecular weight excluding hydrogens is 138 g/mol. The molecule has 0 saturated heterocycles. The van der Waals surface area contributed by atoms with Crippen LogP contribution in [0.4, 0.5) is 0 Å². The zero-order valence-electron chi connectivity index (χ0n) is 7.93. The Morgan fingerprint density at radius 1 is 1.18 bits per heavy atom. The van der Waals surface area contributed by atoms with Gasteiger partial charge in [-0.15, -0.1) is 0 Å². The lowest BCUT2D eigenvalue weighted by Crippen LogP contribution is -2.45. The van der Waals surface area contributed by atoms with E-state index in [1.54, 1.807) is 0 Å². The summed E-state index contributed by atoms with van der Waals surface area (Å²) in [4.78, 5) is 2.17. The smallest absolute Gasteiger partial charge is 0.0607 e. The van der Waals surface area contributed by atoms with Gasteiger partial charge in [-0.1, -0.05) is 0 Å². The van der Waals surface area contributed by atoms with Crippen molar-refractivity contribution in [3.8, 4) is 0 Å². The first-order valence-electron chi connectivity index (χ1n) is 4.14. The molecule has 0 aromatic heterocycles. The van der Waals surface area contributed by atoms with Crippen LogP contribution in [0.3, 0.4) is 0 Å². The highest BCUT2D eigenvalue weighted by atomic mass is 15.0. The van der Waals surface area contributed by atoms with Crippen molar-refractivity contribution in [2.75, 3.05) is 20.6 Å². The minimum atomic E-state index is -0.480. The number of nitrogens with two attached hydrogens (primary N) is 2. The fourth-order valence-corrected chi connectivity index (χ4v) is 0.934. The Hall–Kier alpha value is -0.120. The average Bonchev–Trinajstić information content (AvgIpc) is 1.78. The Kier molecular flexibility index (Phi) is 4.65. The van der Waals surface area contributed by atoms with E-state index < -0.39 is 5.66 Å². The summed E-state index contributed by atoms with van der Waals surface area (Å²) in [6, 6.07) is 0. The van der Waals surface area contributed by atoms with Crippen molar-refractivity contribution in [3.05, 3.63) is 0 Å². The van der Waals surface area contributed by atoms with E-state index in [1.165, 1.54) is 6.42 Å². The molecule has 0 aliphatic rings. The molecule has 0 aliphatic carbocycles. The first kappa shape index (κ1) is 10.9. The Balaban J connectivity index is 3.15. The molecule has 4 N–H and O–H groups in total. The summed E-state index contributed by atoms with van der Waals surface area (Å²) >= 11 is 0. The molecule has 0 saturated carbocycles. The van der Waals surface area contributed by atoms with E-state index in [1.807, 2.05) is 6.92 Å². The van der Waals surface area contributed by atoms with Crippen LogP contribution in [0.15, 0.2) is 0 Å². The monoisotopic (exact) mass is 159 g/mol. The highest BCUT2D eigenvalue weighted by Crippen LogP contribution is 2.03. The van der Waals surface area contributed by atoms with Gasteiger partial charge in [0.1, 0.15) is 0 Å². The summed E-state index contributed by atoms with van der Waals surface area (Å²) < 4.78 is 0. The van der Waals surface area contributed by atoms with Gasteiger partial charge in [-0.2, -0.15) is 0 Å². The van der Waals surface area contributed by atoms with E-state index in [-0.39, 0.29) is 0 Å². The second-order valence-corrected chi connectivity index (χ2v) is 3.77. The standard InChI is InChI=1S/C8H21N3/c1-8(9,10)6-4-5-7-11(2)3/h4-7,9-10H2,1-3H3. The largest absolute Gasteiger partial charge is 0.314 e. The quantitative estimate of drug-likeness (QED) is 0.449. The average molecular weight is 159 g/mol. The number of hydrogen-bond acceptors (Lipinski definition) is 3. The van der Waals surface area contributed by atoms with Gasteiger partial charge < -0.3 is 16.4 Å². The topological polar surface area (TPSA) is 55.3 Å². The van der Waals surface area contributed by atoms with E-state index in [9.17, 15) is 0 Å². The molecule has 0 amide bonds. The lowest BCUT2D eigenvalue weighted by Gasteiger charge is -2.18. The Bertz CT molecular complexity index is 94.0. The van der Waals surface area contributed by atoms with Gasteiger partial charge in [-0.05, 0) is 46.8 Å². The van der Waals surface area contributed by atoms with Gasteiger partial charge in [0.15, 0.2) is 0 Å². The highest BCUT2D eigenvalue weighted by molar-refractivity contribution is 4.69. The van der Waals surface area contributed by atoms with Gasteiger partial charge in [0.05, 0.1) is 5.66 Å². The third kappa shape index (κ3) is 9.88. The van der Waals surface area contributed by atoms with E-state index >= 15 is 0 Å². The zero-order valence-corrected chi connectivity index (χ0v) is 7.93. The molecule has 68 valence electrons. The van der Waals surface area contributed by atoms with Crippen molar-refractivity contribution in [2.24, 2.45) is 11.5 Å². The second kappa shape index (κ2) is 4.70. The summed E-state index contributed by atoms with van der Waals surface area (Å²) in [6.45, 7) is 2.98. The number of rotatable bonds is 5. The highest BCUT2D eigenvalue weighted by Gasteiger charge is 2.09. The van der Waals surface area contributed by atoms with Gasteiger partial charge in [-0.3, -0.25) is 0 Å². The Labute approximate surface area is 69.7 Å². The van der Waals surface area contributed by atoms with Crippen LogP contribution < -0.4 is 11.5 Å². The molecule has 3 heteroatoms. The van der Waals surface area contributed by atoms with Crippen LogP contribution in [0.2, 0.25) is 0 Å². The SMILES string of the molecule is CN(C)CCCCC(C)(N)N. The van der Waals surface area contributed by atoms with Crippen LogP contribution in [0.25, 0.3) is 0 Å². The third-order valence-electron chi connectivity index (χ3n) is 1.57. The number of nitrogens with zero attached hydrogens (tertiary/aromatic N) is 1. The van der Waals surface area contributed by atoms with Crippen molar-refractivity contribution in [1.82, 2.24) is 4.90 Å². The lowest BCUT2D eigenvalue weighted by atomic mass is 10.1. The van der Waals surface area contributed by atoms with Crippen LogP contribution in [-0.2, 0) is 0 Å². The van der Waals surface area contributed by atoms with Crippen molar-refractivity contribution >= 4 is 0 Å². The maximum Gasteiger partial charge on any atom is 0.0607 e. The number of unbranched alkanes of at least 4 members (excludes halogenated alkanes) is 1. The van der Waals surface area contributed by atoms with E-state index in [0.717, 1.165) is 19.4 Å². The van der Waals surface area contributed by atoms with Gasteiger partial charge >= 0.3 is 0 Å². The predicted molar refractivity (Wildman–Crippen MR) is 49.2 cm³/mol. The molecule has 0 aliphatic heterocycles. The lowest BCUT2D eigenvalue weighted by molar-refractivity contribution is 0.366. The summed E-state index contributed by atoms with van der Waals surface area (Å²) in [5.41, 5.74) is 10.8. The van der Waals surface area contributed by atoms with Crippen molar-refractivity contribution in [1.29, 1.82) is 0 Å². The minimum absolute atomic E-state index is 0.480. The Morgan fingerprint density at radius 3 is 2.09 bits per heavy atom. The van der Waals surface area contributed by atoms with Gasteiger partial charge in [0, 0.05) is 0 Å².